The average molecular weight is 300 g/mol. The van der Waals surface area contributed by atoms with Gasteiger partial charge in [-0.15, -0.1) is 0 Å². The van der Waals surface area contributed by atoms with Crippen molar-refractivity contribution in [2.24, 2.45) is 5.92 Å². The Balaban J connectivity index is 1.70. The Hall–Kier alpha value is -0.620. The molecule has 0 saturated carbocycles. The molecule has 6 heteroatoms. The molecule has 3 heterocycles. The van der Waals surface area contributed by atoms with Crippen LogP contribution >= 0.6 is 0 Å². The molecule has 3 rings (SSSR count). The highest BCUT2D eigenvalue weighted by molar-refractivity contribution is 7.91. The molecule has 20 heavy (non-hydrogen) atoms. The predicted octanol–water partition coefficient (Wildman–Crippen LogP) is 0.506. The zero-order valence-electron chi connectivity index (χ0n) is 12.1. The standard InChI is InChI=1S/C14H24N2O3S/c1-15-7-2-4-12(15)13-5-3-8-16(13)14(17)11-6-9-20(18,19)10-11/h11-13H,2-10H2,1H3. The molecule has 0 bridgehead atoms. The van der Waals surface area contributed by atoms with E-state index >= 15 is 0 Å². The van der Waals surface area contributed by atoms with Crippen LogP contribution in [0.25, 0.3) is 0 Å². The van der Waals surface area contributed by atoms with Crippen LogP contribution in [0.15, 0.2) is 0 Å². The highest BCUT2D eigenvalue weighted by Crippen LogP contribution is 2.31. The van der Waals surface area contributed by atoms with Gasteiger partial charge in [0, 0.05) is 18.6 Å². The number of sulfone groups is 1. The summed E-state index contributed by atoms with van der Waals surface area (Å²) in [6.45, 7) is 1.92. The topological polar surface area (TPSA) is 57.7 Å². The molecule has 3 saturated heterocycles. The quantitative estimate of drug-likeness (QED) is 0.745. The maximum absolute atomic E-state index is 12.7. The Morgan fingerprint density at radius 1 is 1.05 bits per heavy atom. The van der Waals surface area contributed by atoms with Crippen molar-refractivity contribution in [2.45, 2.75) is 44.2 Å². The van der Waals surface area contributed by atoms with E-state index in [0.717, 1.165) is 32.4 Å². The van der Waals surface area contributed by atoms with E-state index in [1.165, 1.54) is 6.42 Å². The first-order valence-electron chi connectivity index (χ1n) is 7.69. The van der Waals surface area contributed by atoms with E-state index in [9.17, 15) is 13.2 Å². The van der Waals surface area contributed by atoms with Gasteiger partial charge in [-0.3, -0.25) is 4.79 Å². The van der Waals surface area contributed by atoms with Gasteiger partial charge in [-0.25, -0.2) is 8.42 Å². The molecule has 3 aliphatic heterocycles. The van der Waals surface area contributed by atoms with Gasteiger partial charge < -0.3 is 9.80 Å². The maximum atomic E-state index is 12.7. The summed E-state index contributed by atoms with van der Waals surface area (Å²) < 4.78 is 23.1. The fraction of sp³-hybridized carbons (Fsp3) is 0.929. The first-order chi connectivity index (χ1) is 9.48. The van der Waals surface area contributed by atoms with Crippen LogP contribution in [0.2, 0.25) is 0 Å². The van der Waals surface area contributed by atoms with Crippen molar-refractivity contribution >= 4 is 15.7 Å². The van der Waals surface area contributed by atoms with Gasteiger partial charge in [0.05, 0.1) is 17.4 Å². The smallest absolute Gasteiger partial charge is 0.227 e. The Bertz CT molecular complexity index is 491. The summed E-state index contributed by atoms with van der Waals surface area (Å²) in [4.78, 5) is 17.0. The molecule has 0 N–H and O–H groups in total. The monoisotopic (exact) mass is 300 g/mol. The van der Waals surface area contributed by atoms with Gasteiger partial charge in [0.1, 0.15) is 0 Å². The lowest BCUT2D eigenvalue weighted by Gasteiger charge is -2.34. The maximum Gasteiger partial charge on any atom is 0.227 e. The Morgan fingerprint density at radius 2 is 1.75 bits per heavy atom. The highest BCUT2D eigenvalue weighted by atomic mass is 32.2. The molecule has 0 aromatic rings. The van der Waals surface area contributed by atoms with Crippen molar-refractivity contribution in [2.75, 3.05) is 31.6 Å². The third-order valence-corrected chi connectivity index (χ3v) is 6.95. The largest absolute Gasteiger partial charge is 0.338 e. The normalized spacial score (nSPS) is 37.6. The van der Waals surface area contributed by atoms with E-state index in [-0.39, 0.29) is 23.3 Å². The van der Waals surface area contributed by atoms with Crippen LogP contribution in [-0.4, -0.2) is 67.9 Å². The van der Waals surface area contributed by atoms with E-state index < -0.39 is 9.84 Å². The molecule has 5 nitrogen and oxygen atoms in total. The zero-order chi connectivity index (χ0) is 14.3. The molecular formula is C14H24N2O3S. The number of amides is 1. The molecule has 114 valence electrons. The van der Waals surface area contributed by atoms with E-state index in [0.29, 0.717) is 18.5 Å². The fourth-order valence-electron chi connectivity index (χ4n) is 4.11. The van der Waals surface area contributed by atoms with Gasteiger partial charge in [-0.2, -0.15) is 0 Å². The van der Waals surface area contributed by atoms with Crippen LogP contribution in [0, 0.1) is 5.92 Å². The van der Waals surface area contributed by atoms with Crippen LogP contribution in [0.1, 0.15) is 32.1 Å². The van der Waals surface area contributed by atoms with Crippen LogP contribution in [0.4, 0.5) is 0 Å². The third kappa shape index (κ3) is 2.60. The van der Waals surface area contributed by atoms with Crippen molar-refractivity contribution in [3.63, 3.8) is 0 Å². The first kappa shape index (κ1) is 14.3. The Morgan fingerprint density at radius 3 is 2.35 bits per heavy atom. The first-order valence-corrected chi connectivity index (χ1v) is 9.51. The minimum atomic E-state index is -2.98. The second-order valence-electron chi connectivity index (χ2n) is 6.53. The van der Waals surface area contributed by atoms with Crippen molar-refractivity contribution in [1.82, 2.24) is 9.80 Å². The second-order valence-corrected chi connectivity index (χ2v) is 8.76. The molecule has 0 aliphatic carbocycles. The zero-order valence-corrected chi connectivity index (χ0v) is 12.9. The second kappa shape index (κ2) is 5.30. The third-order valence-electron chi connectivity index (χ3n) is 5.19. The number of carbonyl (C=O) groups is 1. The summed E-state index contributed by atoms with van der Waals surface area (Å²) in [5.41, 5.74) is 0. The van der Waals surface area contributed by atoms with Gasteiger partial charge >= 0.3 is 0 Å². The number of carbonyl (C=O) groups excluding carboxylic acids is 1. The summed E-state index contributed by atoms with van der Waals surface area (Å²) >= 11 is 0. The molecule has 3 unspecified atom stereocenters. The molecular weight excluding hydrogens is 276 g/mol. The Labute approximate surface area is 121 Å². The van der Waals surface area contributed by atoms with E-state index in [1.807, 2.05) is 4.90 Å². The number of likely N-dealkylation sites (tertiary alicyclic amines) is 2. The number of rotatable bonds is 2. The predicted molar refractivity (Wildman–Crippen MR) is 77.1 cm³/mol. The fourth-order valence-corrected chi connectivity index (χ4v) is 5.85. The molecule has 3 aliphatic rings. The number of nitrogens with zero attached hydrogens (tertiary/aromatic N) is 2. The molecule has 0 radical (unpaired) electrons. The number of hydrogen-bond acceptors (Lipinski definition) is 4. The van der Waals surface area contributed by atoms with Gasteiger partial charge in [0.25, 0.3) is 0 Å². The molecule has 3 atom stereocenters. The molecule has 0 spiro atoms. The summed E-state index contributed by atoms with van der Waals surface area (Å²) in [7, 11) is -0.838. The molecule has 1 amide bonds. The molecule has 0 aromatic heterocycles. The average Bonchev–Trinajstić information content (AvgIpc) is 3.07. The van der Waals surface area contributed by atoms with Crippen LogP contribution in [-0.2, 0) is 14.6 Å². The lowest BCUT2D eigenvalue weighted by Crippen LogP contribution is -2.49. The van der Waals surface area contributed by atoms with Gasteiger partial charge in [0.15, 0.2) is 9.84 Å². The molecule has 0 aromatic carbocycles. The number of hydrogen-bond donors (Lipinski definition) is 0. The van der Waals surface area contributed by atoms with Crippen LogP contribution in [0.5, 0.6) is 0 Å². The summed E-state index contributed by atoms with van der Waals surface area (Å²) in [6, 6.07) is 0.776. The highest BCUT2D eigenvalue weighted by Gasteiger charge is 2.42. The van der Waals surface area contributed by atoms with Crippen LogP contribution < -0.4 is 0 Å². The van der Waals surface area contributed by atoms with Crippen molar-refractivity contribution in [3.8, 4) is 0 Å². The summed E-state index contributed by atoms with van der Waals surface area (Å²) in [5.74, 6) is 0.0574. The van der Waals surface area contributed by atoms with Gasteiger partial charge in [-0.05, 0) is 45.7 Å². The van der Waals surface area contributed by atoms with Crippen LogP contribution in [0.3, 0.4) is 0 Å². The van der Waals surface area contributed by atoms with E-state index in [4.69, 9.17) is 0 Å². The van der Waals surface area contributed by atoms with Gasteiger partial charge in [-0.1, -0.05) is 0 Å². The lowest BCUT2D eigenvalue weighted by atomic mass is 10.0. The van der Waals surface area contributed by atoms with Crippen molar-refractivity contribution in [3.05, 3.63) is 0 Å². The summed E-state index contributed by atoms with van der Waals surface area (Å²) in [6.07, 6.45) is 5.01. The number of likely N-dealkylation sites (N-methyl/N-ethyl adjacent to an activating group) is 1. The Kier molecular flexibility index (Phi) is 3.79. The van der Waals surface area contributed by atoms with Crippen molar-refractivity contribution in [1.29, 1.82) is 0 Å². The SMILES string of the molecule is CN1CCCC1C1CCCN1C(=O)C1CCS(=O)(=O)C1. The van der Waals surface area contributed by atoms with Crippen molar-refractivity contribution < 1.29 is 13.2 Å². The molecule has 3 fully saturated rings. The minimum absolute atomic E-state index is 0.0650. The van der Waals surface area contributed by atoms with Gasteiger partial charge in [0.2, 0.25) is 5.91 Å². The minimum Gasteiger partial charge on any atom is -0.338 e. The summed E-state index contributed by atoms with van der Waals surface area (Å²) in [5, 5.41) is 0. The lowest BCUT2D eigenvalue weighted by molar-refractivity contribution is -0.136. The van der Waals surface area contributed by atoms with E-state index in [1.54, 1.807) is 0 Å². The van der Waals surface area contributed by atoms with E-state index in [2.05, 4.69) is 11.9 Å².